The number of fused-ring (bicyclic) bond motifs is 2. The minimum Gasteiger partial charge on any atom is -0.508 e. The number of thiophene rings is 1. The standard InChI is InChI=1S/C29H30F3N7O3S/c30-29(31,32)11-22-9-23-27(35-16-36-28(23)43-22)37-19-1-4-38(5-2-19)14-18-7-17-8-20(12-33)39(24(17)10-25(18)40)6-3-21-13-34-26(41)15-42-21/h7-10,16,19,21,40H,1-6,11,13-15H2,(H,34,41)(H,35,36,37)/t21-/m0/s1. The smallest absolute Gasteiger partial charge is 0.393 e. The predicted molar refractivity (Wildman–Crippen MR) is 155 cm³/mol. The van der Waals surface area contributed by atoms with Crippen molar-refractivity contribution < 1.29 is 27.8 Å². The maximum Gasteiger partial charge on any atom is 0.393 e. The number of likely N-dealkylation sites (tertiary alicyclic amines) is 1. The fourth-order valence-corrected chi connectivity index (χ4v) is 6.80. The average Bonchev–Trinajstić information content (AvgIpc) is 3.53. The normalized spacial score (nSPS) is 18.7. The molecule has 2 saturated heterocycles. The number of nitriles is 1. The number of piperidine rings is 1. The van der Waals surface area contributed by atoms with Gasteiger partial charge >= 0.3 is 6.18 Å². The highest BCUT2D eigenvalue weighted by Gasteiger charge is 2.29. The molecule has 0 saturated carbocycles. The first-order valence-electron chi connectivity index (χ1n) is 14.1. The van der Waals surface area contributed by atoms with Crippen LogP contribution in [0.25, 0.3) is 21.1 Å². The molecule has 2 aliphatic heterocycles. The molecule has 0 spiro atoms. The Hall–Kier alpha value is -3.93. The van der Waals surface area contributed by atoms with E-state index >= 15 is 0 Å². The van der Waals surface area contributed by atoms with Gasteiger partial charge in [-0.1, -0.05) is 0 Å². The first kappa shape index (κ1) is 29.2. The zero-order chi connectivity index (χ0) is 30.1. The summed E-state index contributed by atoms with van der Waals surface area (Å²) in [6.07, 6.45) is -1.80. The van der Waals surface area contributed by atoms with Gasteiger partial charge in [0.05, 0.1) is 23.4 Å². The molecule has 14 heteroatoms. The molecule has 5 heterocycles. The van der Waals surface area contributed by atoms with Crippen molar-refractivity contribution in [1.29, 1.82) is 5.26 Å². The summed E-state index contributed by atoms with van der Waals surface area (Å²) < 4.78 is 46.1. The lowest BCUT2D eigenvalue weighted by Crippen LogP contribution is -2.43. The Morgan fingerprint density at radius 2 is 2.02 bits per heavy atom. The average molecular weight is 614 g/mol. The number of morpholine rings is 1. The summed E-state index contributed by atoms with van der Waals surface area (Å²) >= 11 is 1.04. The molecule has 3 aromatic heterocycles. The highest BCUT2D eigenvalue weighted by Crippen LogP contribution is 2.34. The van der Waals surface area contributed by atoms with Gasteiger partial charge in [-0.05, 0) is 37.5 Å². The number of anilines is 1. The molecule has 226 valence electrons. The highest BCUT2D eigenvalue weighted by atomic mass is 32.1. The molecular formula is C29H30F3N7O3S. The van der Waals surface area contributed by atoms with Crippen molar-refractivity contribution in [3.05, 3.63) is 46.7 Å². The molecule has 1 atom stereocenters. The van der Waals surface area contributed by atoms with Crippen LogP contribution in [0.5, 0.6) is 5.75 Å². The molecule has 0 radical (unpaired) electrons. The Balaban J connectivity index is 1.08. The highest BCUT2D eigenvalue weighted by molar-refractivity contribution is 7.18. The van der Waals surface area contributed by atoms with E-state index in [-0.39, 0.29) is 35.3 Å². The van der Waals surface area contributed by atoms with Crippen LogP contribution >= 0.6 is 11.3 Å². The molecule has 4 aromatic rings. The molecule has 2 aliphatic rings. The number of benzene rings is 1. The quantitative estimate of drug-likeness (QED) is 0.268. The Morgan fingerprint density at radius 1 is 1.21 bits per heavy atom. The van der Waals surface area contributed by atoms with Crippen molar-refractivity contribution in [2.24, 2.45) is 0 Å². The Morgan fingerprint density at radius 3 is 2.74 bits per heavy atom. The Bertz CT molecular complexity index is 1680. The van der Waals surface area contributed by atoms with Gasteiger partial charge in [-0.3, -0.25) is 9.69 Å². The number of phenolic OH excluding ortho intramolecular Hbond substituents is 1. The first-order valence-corrected chi connectivity index (χ1v) is 14.9. The van der Waals surface area contributed by atoms with Crippen molar-refractivity contribution in [2.75, 3.05) is 31.6 Å². The van der Waals surface area contributed by atoms with Gasteiger partial charge in [0.2, 0.25) is 5.91 Å². The topological polar surface area (TPSA) is 128 Å². The molecule has 1 aromatic carbocycles. The third kappa shape index (κ3) is 6.69. The van der Waals surface area contributed by atoms with Crippen molar-refractivity contribution in [3.8, 4) is 11.8 Å². The summed E-state index contributed by atoms with van der Waals surface area (Å²) in [4.78, 5) is 22.8. The number of hydrogen-bond acceptors (Lipinski definition) is 9. The lowest BCUT2D eigenvalue weighted by Gasteiger charge is -2.32. The lowest BCUT2D eigenvalue weighted by atomic mass is 10.0. The van der Waals surface area contributed by atoms with Crippen LogP contribution in [0, 0.1) is 11.3 Å². The molecule has 0 unspecified atom stereocenters. The molecule has 3 N–H and O–H groups in total. The molecule has 1 amide bonds. The van der Waals surface area contributed by atoms with Gasteiger partial charge in [-0.25, -0.2) is 9.97 Å². The number of hydrogen-bond donors (Lipinski definition) is 3. The summed E-state index contributed by atoms with van der Waals surface area (Å²) in [5.74, 6) is 0.576. The number of aromatic hydroxyl groups is 1. The number of ether oxygens (including phenoxy) is 1. The number of carbonyl (C=O) groups excluding carboxylic acids is 1. The second-order valence-electron chi connectivity index (χ2n) is 11.0. The van der Waals surface area contributed by atoms with E-state index < -0.39 is 12.6 Å². The van der Waals surface area contributed by atoms with E-state index in [1.807, 2.05) is 16.7 Å². The summed E-state index contributed by atoms with van der Waals surface area (Å²) in [5.41, 5.74) is 2.03. The van der Waals surface area contributed by atoms with E-state index in [4.69, 9.17) is 4.74 Å². The van der Waals surface area contributed by atoms with Gasteiger partial charge < -0.3 is 25.0 Å². The van der Waals surface area contributed by atoms with E-state index in [9.17, 15) is 28.3 Å². The predicted octanol–water partition coefficient (Wildman–Crippen LogP) is 4.31. The van der Waals surface area contributed by atoms with Crippen LogP contribution in [0.1, 0.15) is 35.4 Å². The zero-order valence-corrected chi connectivity index (χ0v) is 24.0. The summed E-state index contributed by atoms with van der Waals surface area (Å²) in [6, 6.07) is 9.33. The molecule has 6 rings (SSSR count). The molecule has 2 fully saturated rings. The Kier molecular flexibility index (Phi) is 8.13. The van der Waals surface area contributed by atoms with Crippen LogP contribution in [0.15, 0.2) is 30.6 Å². The fraction of sp³-hybridized carbons (Fsp3) is 0.448. The number of alkyl halides is 3. The van der Waals surface area contributed by atoms with Gasteiger partial charge in [0.1, 0.15) is 41.1 Å². The van der Waals surface area contributed by atoms with E-state index in [1.54, 1.807) is 6.07 Å². The van der Waals surface area contributed by atoms with Gasteiger partial charge in [-0.15, -0.1) is 11.3 Å². The summed E-state index contributed by atoms with van der Waals surface area (Å²) in [6.45, 7) is 3.04. The van der Waals surface area contributed by atoms with Crippen LogP contribution < -0.4 is 10.6 Å². The maximum atomic E-state index is 12.9. The van der Waals surface area contributed by atoms with E-state index in [2.05, 4.69) is 31.6 Å². The molecule has 0 bridgehead atoms. The van der Waals surface area contributed by atoms with Gasteiger partial charge in [0.25, 0.3) is 0 Å². The van der Waals surface area contributed by atoms with E-state index in [0.717, 1.165) is 53.7 Å². The SMILES string of the molecule is N#Cc1cc2cc(CN3CCC(Nc4ncnc5sc(CC(F)(F)F)cc45)CC3)c(O)cc2n1CC[C@H]1CNC(=O)CO1. The van der Waals surface area contributed by atoms with Crippen LogP contribution in [-0.4, -0.2) is 75.0 Å². The second kappa shape index (κ2) is 12.0. The first-order chi connectivity index (χ1) is 20.6. The molecule has 10 nitrogen and oxygen atoms in total. The minimum atomic E-state index is -4.28. The van der Waals surface area contributed by atoms with E-state index in [1.165, 1.54) is 12.4 Å². The van der Waals surface area contributed by atoms with Gasteiger partial charge in [0, 0.05) is 60.7 Å². The monoisotopic (exact) mass is 613 g/mol. The lowest BCUT2D eigenvalue weighted by molar-refractivity contribution is -0.133. The minimum absolute atomic E-state index is 0.0327. The Labute approximate surface area is 249 Å². The third-order valence-electron chi connectivity index (χ3n) is 7.95. The number of phenols is 1. The molecule has 0 aliphatic carbocycles. The largest absolute Gasteiger partial charge is 0.508 e. The summed E-state index contributed by atoms with van der Waals surface area (Å²) in [5, 5.41) is 28.3. The fourth-order valence-electron chi connectivity index (χ4n) is 5.77. The number of aromatic nitrogens is 3. The van der Waals surface area contributed by atoms with Crippen LogP contribution in [0.4, 0.5) is 19.0 Å². The van der Waals surface area contributed by atoms with Crippen molar-refractivity contribution in [2.45, 2.75) is 57.1 Å². The number of aryl methyl sites for hydroxylation is 1. The van der Waals surface area contributed by atoms with E-state index in [0.29, 0.717) is 47.8 Å². The molecular weight excluding hydrogens is 583 g/mol. The number of rotatable bonds is 8. The number of nitrogens with one attached hydrogen (secondary N) is 2. The maximum absolute atomic E-state index is 12.9. The zero-order valence-electron chi connectivity index (χ0n) is 23.2. The third-order valence-corrected chi connectivity index (χ3v) is 8.99. The number of carbonyl (C=O) groups is 1. The van der Waals surface area contributed by atoms with Crippen LogP contribution in [-0.2, 0) is 29.0 Å². The number of nitrogens with zero attached hydrogens (tertiary/aromatic N) is 5. The van der Waals surface area contributed by atoms with Gasteiger partial charge in [0.15, 0.2) is 0 Å². The van der Waals surface area contributed by atoms with Crippen LogP contribution in [0.2, 0.25) is 0 Å². The molecule has 43 heavy (non-hydrogen) atoms. The summed E-state index contributed by atoms with van der Waals surface area (Å²) in [7, 11) is 0. The van der Waals surface area contributed by atoms with Crippen molar-refractivity contribution in [3.63, 3.8) is 0 Å². The van der Waals surface area contributed by atoms with Crippen LogP contribution in [0.3, 0.4) is 0 Å². The second-order valence-corrected chi connectivity index (χ2v) is 12.1. The number of halogens is 3. The van der Waals surface area contributed by atoms with Crippen molar-refractivity contribution >= 4 is 44.2 Å². The van der Waals surface area contributed by atoms with Crippen molar-refractivity contribution in [1.82, 2.24) is 24.8 Å². The number of amides is 1. The van der Waals surface area contributed by atoms with Gasteiger partial charge in [-0.2, -0.15) is 18.4 Å².